The normalized spacial score (nSPS) is 17.1. The van der Waals surface area contributed by atoms with Crippen molar-refractivity contribution in [3.8, 4) is 0 Å². The average Bonchev–Trinajstić information content (AvgIpc) is 3.13. The second-order valence-corrected chi connectivity index (χ2v) is 6.55. The summed E-state index contributed by atoms with van der Waals surface area (Å²) in [4.78, 5) is 26.1. The van der Waals surface area contributed by atoms with Crippen LogP contribution in [-0.2, 0) is 23.0 Å². The molecule has 1 aliphatic heterocycles. The van der Waals surface area contributed by atoms with Crippen molar-refractivity contribution in [3.05, 3.63) is 53.3 Å². The Kier molecular flexibility index (Phi) is 5.16. The minimum absolute atomic E-state index is 0.0594. The van der Waals surface area contributed by atoms with Gasteiger partial charge in [-0.2, -0.15) is 5.10 Å². The van der Waals surface area contributed by atoms with Crippen LogP contribution in [0.5, 0.6) is 0 Å². The van der Waals surface area contributed by atoms with Gasteiger partial charge < -0.3 is 9.64 Å². The lowest BCUT2D eigenvalue weighted by Gasteiger charge is -2.16. The Morgan fingerprint density at radius 2 is 2.08 bits per heavy atom. The number of carbonyl (C=O) groups is 2. The van der Waals surface area contributed by atoms with Crippen molar-refractivity contribution in [3.63, 3.8) is 0 Å². The van der Waals surface area contributed by atoms with Crippen molar-refractivity contribution >= 4 is 11.9 Å². The van der Waals surface area contributed by atoms with Gasteiger partial charge in [-0.15, -0.1) is 0 Å². The molecule has 6 heteroatoms. The van der Waals surface area contributed by atoms with E-state index in [-0.39, 0.29) is 24.4 Å². The van der Waals surface area contributed by atoms with Crippen LogP contribution in [-0.4, -0.2) is 46.3 Å². The Hall–Kier alpha value is -2.63. The van der Waals surface area contributed by atoms with Gasteiger partial charge in [-0.1, -0.05) is 30.3 Å². The first kappa shape index (κ1) is 17.2. The molecule has 0 radical (unpaired) electrons. The van der Waals surface area contributed by atoms with Crippen LogP contribution in [0.1, 0.15) is 28.0 Å². The van der Waals surface area contributed by atoms with Gasteiger partial charge in [0.25, 0.3) is 0 Å². The maximum Gasteiger partial charge on any atom is 0.341 e. The lowest BCUT2D eigenvalue weighted by atomic mass is 10.1. The second-order valence-electron chi connectivity index (χ2n) is 6.55. The van der Waals surface area contributed by atoms with Crippen molar-refractivity contribution in [2.45, 2.75) is 19.8 Å². The zero-order valence-corrected chi connectivity index (χ0v) is 14.6. The third kappa shape index (κ3) is 4.26. The van der Waals surface area contributed by atoms with Gasteiger partial charge in [-0.3, -0.25) is 9.48 Å². The molecule has 25 heavy (non-hydrogen) atoms. The standard InChI is InChI=1S/C19H23N3O3/c1-14-17(12-21(2)20-14)19(24)25-13-16-10-18(23)22(11-16)9-8-15-6-4-3-5-7-15/h3-7,12,16H,8-11,13H2,1-2H3/t16-/m1/s1. The van der Waals surface area contributed by atoms with Gasteiger partial charge in [0.1, 0.15) is 5.56 Å². The minimum atomic E-state index is -0.374. The molecular formula is C19H23N3O3. The number of hydrogen-bond donors (Lipinski definition) is 0. The summed E-state index contributed by atoms with van der Waals surface area (Å²) in [5.41, 5.74) is 2.35. The molecule has 1 aromatic carbocycles. The van der Waals surface area contributed by atoms with Gasteiger partial charge in [-0.05, 0) is 18.9 Å². The predicted molar refractivity (Wildman–Crippen MR) is 93.1 cm³/mol. The molecule has 0 spiro atoms. The fraction of sp³-hybridized carbons (Fsp3) is 0.421. The Morgan fingerprint density at radius 1 is 1.32 bits per heavy atom. The van der Waals surface area contributed by atoms with Gasteiger partial charge in [0.05, 0.1) is 12.3 Å². The van der Waals surface area contributed by atoms with E-state index in [1.54, 1.807) is 24.9 Å². The van der Waals surface area contributed by atoms with E-state index in [1.807, 2.05) is 23.1 Å². The van der Waals surface area contributed by atoms with Gasteiger partial charge in [-0.25, -0.2) is 4.79 Å². The van der Waals surface area contributed by atoms with E-state index < -0.39 is 0 Å². The number of aryl methyl sites for hydroxylation is 2. The molecule has 0 bridgehead atoms. The van der Waals surface area contributed by atoms with Crippen molar-refractivity contribution in [2.75, 3.05) is 19.7 Å². The van der Waals surface area contributed by atoms with Crippen LogP contribution in [0.25, 0.3) is 0 Å². The number of aromatic nitrogens is 2. The van der Waals surface area contributed by atoms with Crippen LogP contribution in [0.3, 0.4) is 0 Å². The first-order chi connectivity index (χ1) is 12.0. The summed E-state index contributed by atoms with van der Waals surface area (Å²) >= 11 is 0. The van der Waals surface area contributed by atoms with E-state index in [0.29, 0.717) is 30.8 Å². The molecule has 1 fully saturated rings. The van der Waals surface area contributed by atoms with Gasteiger partial charge in [0.2, 0.25) is 5.91 Å². The molecule has 1 saturated heterocycles. The van der Waals surface area contributed by atoms with Gasteiger partial charge >= 0.3 is 5.97 Å². The summed E-state index contributed by atoms with van der Waals surface area (Å²) in [5.74, 6) is -0.181. The number of carbonyl (C=O) groups excluding carboxylic acids is 2. The molecule has 0 saturated carbocycles. The highest BCUT2D eigenvalue weighted by molar-refractivity contribution is 5.90. The van der Waals surface area contributed by atoms with Crippen LogP contribution >= 0.6 is 0 Å². The number of nitrogens with zero attached hydrogens (tertiary/aromatic N) is 3. The molecule has 6 nitrogen and oxygen atoms in total. The topological polar surface area (TPSA) is 64.4 Å². The van der Waals surface area contributed by atoms with E-state index in [1.165, 1.54) is 5.56 Å². The fourth-order valence-electron chi connectivity index (χ4n) is 3.16. The number of rotatable bonds is 6. The number of amides is 1. The molecule has 1 amide bonds. The van der Waals surface area contributed by atoms with E-state index in [4.69, 9.17) is 4.74 Å². The number of likely N-dealkylation sites (tertiary alicyclic amines) is 1. The molecule has 2 heterocycles. The molecule has 1 aromatic heterocycles. The lowest BCUT2D eigenvalue weighted by molar-refractivity contribution is -0.127. The van der Waals surface area contributed by atoms with Crippen molar-refractivity contribution in [1.82, 2.24) is 14.7 Å². The smallest absolute Gasteiger partial charge is 0.341 e. The van der Waals surface area contributed by atoms with Crippen LogP contribution in [0, 0.1) is 12.8 Å². The number of ether oxygens (including phenoxy) is 1. The zero-order chi connectivity index (χ0) is 17.8. The summed E-state index contributed by atoms with van der Waals surface area (Å²) in [6.07, 6.45) is 2.94. The largest absolute Gasteiger partial charge is 0.462 e. The molecule has 2 aromatic rings. The maximum atomic E-state index is 12.2. The first-order valence-corrected chi connectivity index (χ1v) is 8.52. The molecule has 1 aliphatic rings. The zero-order valence-electron chi connectivity index (χ0n) is 14.6. The number of benzene rings is 1. The quantitative estimate of drug-likeness (QED) is 0.754. The van der Waals surface area contributed by atoms with Crippen LogP contribution in [0.2, 0.25) is 0 Å². The van der Waals surface area contributed by atoms with E-state index in [9.17, 15) is 9.59 Å². The third-order valence-electron chi connectivity index (χ3n) is 4.49. The molecule has 3 rings (SSSR count). The van der Waals surface area contributed by atoms with E-state index in [2.05, 4.69) is 17.2 Å². The fourth-order valence-corrected chi connectivity index (χ4v) is 3.16. The van der Waals surface area contributed by atoms with Crippen LogP contribution < -0.4 is 0 Å². The molecule has 0 N–H and O–H groups in total. The summed E-state index contributed by atoms with van der Waals surface area (Å²) in [6, 6.07) is 10.1. The van der Waals surface area contributed by atoms with Crippen LogP contribution in [0.4, 0.5) is 0 Å². The van der Waals surface area contributed by atoms with E-state index in [0.717, 1.165) is 6.42 Å². The molecule has 0 aliphatic carbocycles. The lowest BCUT2D eigenvalue weighted by Crippen LogP contribution is -2.28. The van der Waals surface area contributed by atoms with Crippen LogP contribution in [0.15, 0.2) is 36.5 Å². The van der Waals surface area contributed by atoms with Gasteiger partial charge in [0, 0.05) is 38.7 Å². The predicted octanol–water partition coefficient (Wildman–Crippen LogP) is 1.98. The molecule has 1 atom stereocenters. The Balaban J connectivity index is 1.47. The van der Waals surface area contributed by atoms with Crippen molar-refractivity contribution < 1.29 is 14.3 Å². The Labute approximate surface area is 147 Å². The highest BCUT2D eigenvalue weighted by Crippen LogP contribution is 2.19. The Morgan fingerprint density at radius 3 is 2.76 bits per heavy atom. The maximum absolute atomic E-state index is 12.2. The summed E-state index contributed by atoms with van der Waals surface area (Å²) in [6.45, 7) is 3.39. The third-order valence-corrected chi connectivity index (χ3v) is 4.49. The molecular weight excluding hydrogens is 318 g/mol. The highest BCUT2D eigenvalue weighted by Gasteiger charge is 2.30. The van der Waals surface area contributed by atoms with Crippen molar-refractivity contribution in [1.29, 1.82) is 0 Å². The van der Waals surface area contributed by atoms with Crippen molar-refractivity contribution in [2.24, 2.45) is 13.0 Å². The summed E-state index contributed by atoms with van der Waals surface area (Å²) in [7, 11) is 1.77. The summed E-state index contributed by atoms with van der Waals surface area (Å²) < 4.78 is 6.99. The molecule has 132 valence electrons. The average molecular weight is 341 g/mol. The molecule has 0 unspecified atom stereocenters. The second kappa shape index (κ2) is 7.51. The monoisotopic (exact) mass is 341 g/mol. The number of hydrogen-bond acceptors (Lipinski definition) is 4. The highest BCUT2D eigenvalue weighted by atomic mass is 16.5. The minimum Gasteiger partial charge on any atom is -0.462 e. The first-order valence-electron chi connectivity index (χ1n) is 8.52. The van der Waals surface area contributed by atoms with E-state index >= 15 is 0 Å². The van der Waals surface area contributed by atoms with Gasteiger partial charge in [0.15, 0.2) is 0 Å². The summed E-state index contributed by atoms with van der Waals surface area (Å²) in [5, 5.41) is 4.14. The number of esters is 1. The Bertz CT molecular complexity index is 755. The SMILES string of the molecule is Cc1nn(C)cc1C(=O)OC[C@@H]1CC(=O)N(CCc2ccccc2)C1.